The first-order valence-corrected chi connectivity index (χ1v) is 12.2. The number of β-amino-alcohol motifs (C(OH)–C–C–N with tert-alkyl or cyclic N) is 1. The van der Waals surface area contributed by atoms with E-state index in [9.17, 15) is 0 Å². The molecule has 10 nitrogen and oxygen atoms in total. The lowest BCUT2D eigenvalue weighted by Crippen LogP contribution is -2.47. The van der Waals surface area contributed by atoms with Crippen molar-refractivity contribution in [3.8, 4) is 28.3 Å². The monoisotopic (exact) mass is 498 g/mol. The van der Waals surface area contributed by atoms with Gasteiger partial charge in [0.05, 0.1) is 48.7 Å². The van der Waals surface area contributed by atoms with Crippen LogP contribution in [0.4, 0.5) is 17.3 Å². The predicted molar refractivity (Wildman–Crippen MR) is 143 cm³/mol. The molecule has 1 aromatic carbocycles. The van der Waals surface area contributed by atoms with Gasteiger partial charge in [0, 0.05) is 50.7 Å². The summed E-state index contributed by atoms with van der Waals surface area (Å²) in [7, 11) is 1.60. The summed E-state index contributed by atoms with van der Waals surface area (Å²) in [4.78, 5) is 18.1. The predicted octanol–water partition coefficient (Wildman–Crippen LogP) is 3.17. The van der Waals surface area contributed by atoms with Crippen LogP contribution < -0.4 is 15.0 Å². The number of hydrogen-bond donors (Lipinski definition) is 2. The number of rotatable bonds is 8. The quantitative estimate of drug-likeness (QED) is 0.376. The first-order valence-electron chi connectivity index (χ1n) is 12.2. The highest BCUT2D eigenvalue weighted by molar-refractivity contribution is 5.73. The van der Waals surface area contributed by atoms with Gasteiger partial charge in [-0.05, 0) is 30.2 Å². The van der Waals surface area contributed by atoms with E-state index in [2.05, 4.69) is 40.3 Å². The zero-order valence-electron chi connectivity index (χ0n) is 21.0. The number of benzene rings is 1. The minimum absolute atomic E-state index is 0.192. The van der Waals surface area contributed by atoms with Crippen molar-refractivity contribution in [2.24, 2.45) is 0 Å². The lowest BCUT2D eigenvalue weighted by Gasteiger charge is -2.35. The number of aryl methyl sites for hydroxylation is 1. The summed E-state index contributed by atoms with van der Waals surface area (Å²) in [5.41, 5.74) is 6.50. The van der Waals surface area contributed by atoms with Gasteiger partial charge < -0.3 is 20.1 Å². The standard InChI is InChI=1S/C27H30N8O2/c1-19-7-8-30-33-25(19)21-5-3-20(4-6-21)24-18-29-27(32-26(24)37-2)31-22-15-23(17-28-16-22)35-11-9-34(10-12-35)13-14-36/h3-8,15-18,36H,9-14H2,1-2H3,(H,29,31,32). The molecule has 0 atom stereocenters. The molecule has 1 saturated heterocycles. The van der Waals surface area contributed by atoms with E-state index < -0.39 is 0 Å². The average Bonchev–Trinajstić information content (AvgIpc) is 2.94. The number of anilines is 3. The summed E-state index contributed by atoms with van der Waals surface area (Å²) in [6.07, 6.45) is 7.07. The second-order valence-corrected chi connectivity index (χ2v) is 8.87. The molecular weight excluding hydrogens is 468 g/mol. The van der Waals surface area contributed by atoms with Gasteiger partial charge in [0.2, 0.25) is 11.8 Å². The van der Waals surface area contributed by atoms with Crippen molar-refractivity contribution < 1.29 is 9.84 Å². The zero-order chi connectivity index (χ0) is 25.6. The lowest BCUT2D eigenvalue weighted by molar-refractivity contribution is 0.189. The van der Waals surface area contributed by atoms with Gasteiger partial charge in [0.15, 0.2) is 0 Å². The molecule has 37 heavy (non-hydrogen) atoms. The molecule has 4 aromatic rings. The number of nitrogens with zero attached hydrogens (tertiary/aromatic N) is 7. The van der Waals surface area contributed by atoms with Crippen molar-refractivity contribution in [2.75, 3.05) is 56.7 Å². The van der Waals surface area contributed by atoms with Crippen LogP contribution in [0.3, 0.4) is 0 Å². The third-order valence-corrected chi connectivity index (χ3v) is 6.47. The number of piperazine rings is 1. The van der Waals surface area contributed by atoms with E-state index >= 15 is 0 Å². The average molecular weight is 499 g/mol. The SMILES string of the molecule is COc1nc(Nc2cncc(N3CCN(CCO)CC3)c2)ncc1-c1ccc(-c2nnccc2C)cc1. The van der Waals surface area contributed by atoms with Gasteiger partial charge in [-0.2, -0.15) is 15.2 Å². The molecule has 0 saturated carbocycles. The van der Waals surface area contributed by atoms with E-state index in [0.29, 0.717) is 18.4 Å². The first kappa shape index (κ1) is 24.5. The Labute approximate surface area is 216 Å². The molecule has 0 aliphatic carbocycles. The molecule has 0 unspecified atom stereocenters. The Morgan fingerprint density at radius 3 is 2.51 bits per heavy atom. The Kier molecular flexibility index (Phi) is 7.48. The second-order valence-electron chi connectivity index (χ2n) is 8.87. The van der Waals surface area contributed by atoms with E-state index in [-0.39, 0.29) is 6.61 Å². The second kappa shape index (κ2) is 11.3. The normalized spacial score (nSPS) is 14.0. The number of methoxy groups -OCH3 is 1. The molecule has 190 valence electrons. The van der Waals surface area contributed by atoms with Crippen LogP contribution in [0, 0.1) is 6.92 Å². The Hall–Kier alpha value is -4.15. The van der Waals surface area contributed by atoms with Gasteiger partial charge in [0.1, 0.15) is 0 Å². The fraction of sp³-hybridized carbons (Fsp3) is 0.296. The van der Waals surface area contributed by atoms with Crippen LogP contribution >= 0.6 is 0 Å². The van der Waals surface area contributed by atoms with Crippen LogP contribution in [-0.2, 0) is 0 Å². The maximum atomic E-state index is 9.16. The van der Waals surface area contributed by atoms with E-state index in [1.165, 1.54) is 0 Å². The topological polar surface area (TPSA) is 112 Å². The molecule has 1 fully saturated rings. The molecule has 0 radical (unpaired) electrons. The number of pyridine rings is 1. The summed E-state index contributed by atoms with van der Waals surface area (Å²) in [5.74, 6) is 0.907. The number of nitrogens with one attached hydrogen (secondary N) is 1. The van der Waals surface area contributed by atoms with Crippen LogP contribution in [0.2, 0.25) is 0 Å². The number of aliphatic hydroxyl groups excluding tert-OH is 1. The summed E-state index contributed by atoms with van der Waals surface area (Å²) < 4.78 is 5.60. The van der Waals surface area contributed by atoms with Crippen molar-refractivity contribution in [3.05, 3.63) is 66.7 Å². The van der Waals surface area contributed by atoms with Crippen molar-refractivity contribution in [2.45, 2.75) is 6.92 Å². The van der Waals surface area contributed by atoms with Gasteiger partial charge in [-0.15, -0.1) is 0 Å². The summed E-state index contributed by atoms with van der Waals surface area (Å²) in [5, 5.41) is 20.7. The number of ether oxygens (including phenoxy) is 1. The fourth-order valence-corrected chi connectivity index (χ4v) is 4.44. The van der Waals surface area contributed by atoms with Crippen molar-refractivity contribution >= 4 is 17.3 Å². The van der Waals surface area contributed by atoms with Crippen molar-refractivity contribution in [1.82, 2.24) is 30.0 Å². The highest BCUT2D eigenvalue weighted by Gasteiger charge is 2.18. The van der Waals surface area contributed by atoms with E-state index in [1.807, 2.05) is 49.5 Å². The number of hydrogen-bond acceptors (Lipinski definition) is 10. The lowest BCUT2D eigenvalue weighted by atomic mass is 10.0. The summed E-state index contributed by atoms with van der Waals surface area (Å²) in [6.45, 7) is 6.54. The Morgan fingerprint density at radius 2 is 1.78 bits per heavy atom. The molecule has 5 rings (SSSR count). The van der Waals surface area contributed by atoms with E-state index in [0.717, 1.165) is 65.5 Å². The van der Waals surface area contributed by atoms with E-state index in [1.54, 1.807) is 25.7 Å². The van der Waals surface area contributed by atoms with Gasteiger partial charge in [-0.25, -0.2) is 4.98 Å². The molecule has 0 amide bonds. The molecule has 0 spiro atoms. The van der Waals surface area contributed by atoms with Gasteiger partial charge in [-0.1, -0.05) is 24.3 Å². The first-order chi connectivity index (χ1) is 18.1. The molecule has 0 bridgehead atoms. The largest absolute Gasteiger partial charge is 0.480 e. The fourth-order valence-electron chi connectivity index (χ4n) is 4.44. The van der Waals surface area contributed by atoms with Gasteiger partial charge in [0.25, 0.3) is 0 Å². The van der Waals surface area contributed by atoms with Crippen LogP contribution in [-0.4, -0.2) is 81.6 Å². The molecular formula is C27H30N8O2. The summed E-state index contributed by atoms with van der Waals surface area (Å²) in [6, 6.07) is 12.0. The third-order valence-electron chi connectivity index (χ3n) is 6.47. The smallest absolute Gasteiger partial charge is 0.230 e. The Balaban J connectivity index is 1.30. The Bertz CT molecular complexity index is 1340. The minimum atomic E-state index is 0.192. The summed E-state index contributed by atoms with van der Waals surface area (Å²) >= 11 is 0. The number of aliphatic hydroxyl groups is 1. The molecule has 1 aliphatic rings. The van der Waals surface area contributed by atoms with Crippen molar-refractivity contribution in [1.29, 1.82) is 0 Å². The maximum Gasteiger partial charge on any atom is 0.230 e. The van der Waals surface area contributed by atoms with Crippen LogP contribution in [0.15, 0.2) is 61.2 Å². The van der Waals surface area contributed by atoms with Crippen LogP contribution in [0.25, 0.3) is 22.4 Å². The molecule has 1 aliphatic heterocycles. The van der Waals surface area contributed by atoms with E-state index in [4.69, 9.17) is 9.84 Å². The van der Waals surface area contributed by atoms with Crippen molar-refractivity contribution in [3.63, 3.8) is 0 Å². The third kappa shape index (κ3) is 5.65. The molecule has 10 heteroatoms. The highest BCUT2D eigenvalue weighted by atomic mass is 16.5. The zero-order valence-corrected chi connectivity index (χ0v) is 21.0. The van der Waals surface area contributed by atoms with Gasteiger partial charge in [-0.3, -0.25) is 9.88 Å². The molecule has 2 N–H and O–H groups in total. The Morgan fingerprint density at radius 1 is 1.00 bits per heavy atom. The molecule has 4 heterocycles. The minimum Gasteiger partial charge on any atom is -0.480 e. The molecule has 3 aromatic heterocycles. The highest BCUT2D eigenvalue weighted by Crippen LogP contribution is 2.31. The van der Waals surface area contributed by atoms with Crippen LogP contribution in [0.1, 0.15) is 5.56 Å². The maximum absolute atomic E-state index is 9.16. The number of aromatic nitrogens is 5. The van der Waals surface area contributed by atoms with Crippen LogP contribution in [0.5, 0.6) is 5.88 Å². The van der Waals surface area contributed by atoms with Gasteiger partial charge >= 0.3 is 0 Å².